The summed E-state index contributed by atoms with van der Waals surface area (Å²) in [6, 6.07) is 15.1. The molecule has 1 unspecified atom stereocenters. The van der Waals surface area contributed by atoms with Gasteiger partial charge in [-0.3, -0.25) is 0 Å². The summed E-state index contributed by atoms with van der Waals surface area (Å²) < 4.78 is 35.8. The van der Waals surface area contributed by atoms with Gasteiger partial charge in [-0.1, -0.05) is 24.3 Å². The Morgan fingerprint density at radius 1 is 0.968 bits per heavy atom. The van der Waals surface area contributed by atoms with Crippen molar-refractivity contribution in [2.45, 2.75) is 25.6 Å². The predicted octanol–water partition coefficient (Wildman–Crippen LogP) is 5.44. The lowest BCUT2D eigenvalue weighted by Gasteiger charge is -2.18. The van der Waals surface area contributed by atoms with E-state index in [9.17, 15) is 9.50 Å². The first-order valence-electron chi connectivity index (χ1n) is 9.99. The van der Waals surface area contributed by atoms with E-state index in [1.54, 1.807) is 18.2 Å². The summed E-state index contributed by atoms with van der Waals surface area (Å²) in [7, 11) is 3.02. The van der Waals surface area contributed by atoms with E-state index < -0.39 is 0 Å². The molecule has 0 aliphatic carbocycles. The highest BCUT2D eigenvalue weighted by atomic mass is 19.1. The average Bonchev–Trinajstić information content (AvgIpc) is 3.39. The third kappa shape index (κ3) is 4.16. The smallest absolute Gasteiger partial charge is 0.170 e. The first-order chi connectivity index (χ1) is 14.8. The fourth-order valence-corrected chi connectivity index (χ4v) is 3.57. The molecule has 4 rings (SSSR count). The number of benzene rings is 3. The molecule has 3 aromatic carbocycles. The van der Waals surface area contributed by atoms with E-state index in [1.165, 1.54) is 26.4 Å². The molecule has 1 fully saturated rings. The van der Waals surface area contributed by atoms with E-state index in [-0.39, 0.29) is 29.0 Å². The van der Waals surface area contributed by atoms with Crippen LogP contribution < -0.4 is 14.2 Å². The summed E-state index contributed by atoms with van der Waals surface area (Å²) in [5.41, 5.74) is 2.43. The molecular weight excluding hydrogens is 399 g/mol. The zero-order valence-corrected chi connectivity index (χ0v) is 17.9. The molecule has 1 aliphatic heterocycles. The minimum absolute atomic E-state index is 0.0528. The maximum absolute atomic E-state index is 13.3. The van der Waals surface area contributed by atoms with Gasteiger partial charge in [0, 0.05) is 5.56 Å². The summed E-state index contributed by atoms with van der Waals surface area (Å²) in [6.07, 6.45) is 0.0968. The first-order valence-corrected chi connectivity index (χ1v) is 9.99. The number of rotatable bonds is 7. The van der Waals surface area contributed by atoms with E-state index in [1.807, 2.05) is 38.1 Å². The Hall–Kier alpha value is -3.25. The second-order valence-electron chi connectivity index (χ2n) is 7.94. The van der Waals surface area contributed by atoms with Crippen LogP contribution in [0.5, 0.6) is 23.0 Å². The minimum atomic E-state index is -0.338. The second-order valence-corrected chi connectivity index (χ2v) is 7.94. The number of phenols is 1. The molecule has 0 amide bonds. The third-order valence-electron chi connectivity index (χ3n) is 5.51. The predicted molar refractivity (Wildman–Crippen MR) is 116 cm³/mol. The highest BCUT2D eigenvalue weighted by Gasteiger charge is 2.48. The van der Waals surface area contributed by atoms with Gasteiger partial charge in [-0.25, -0.2) is 4.39 Å². The van der Waals surface area contributed by atoms with Crippen molar-refractivity contribution in [3.05, 3.63) is 60.4 Å². The first kappa shape index (κ1) is 21.0. The van der Waals surface area contributed by atoms with Crippen LogP contribution in [0.25, 0.3) is 22.3 Å². The molecule has 0 saturated carbocycles. The van der Waals surface area contributed by atoms with Gasteiger partial charge in [0.1, 0.15) is 30.0 Å². The van der Waals surface area contributed by atoms with Crippen LogP contribution in [0.2, 0.25) is 0 Å². The highest BCUT2D eigenvalue weighted by molar-refractivity contribution is 5.87. The molecule has 0 spiro atoms. The Morgan fingerprint density at radius 2 is 1.58 bits per heavy atom. The lowest BCUT2D eigenvalue weighted by atomic mass is 9.96. The van der Waals surface area contributed by atoms with Gasteiger partial charge in [-0.05, 0) is 55.3 Å². The van der Waals surface area contributed by atoms with Crippen LogP contribution in [0, 0.1) is 5.82 Å². The molecule has 0 bridgehead atoms. The Kier molecular flexibility index (Phi) is 5.50. The summed E-state index contributed by atoms with van der Waals surface area (Å²) in [5.74, 6) is 1.08. The lowest BCUT2D eigenvalue weighted by Crippen LogP contribution is -2.12. The Labute approximate surface area is 181 Å². The molecule has 162 valence electrons. The SMILES string of the molecule is COc1cc(-c2ccc(F)cc2)c(OC)c(O)c1-c1ccc(OCC2OC2(C)C)cc1. The Morgan fingerprint density at radius 3 is 2.13 bits per heavy atom. The average molecular weight is 424 g/mol. The Balaban J connectivity index is 1.67. The van der Waals surface area contributed by atoms with Gasteiger partial charge < -0.3 is 24.1 Å². The van der Waals surface area contributed by atoms with E-state index >= 15 is 0 Å². The van der Waals surface area contributed by atoms with Gasteiger partial charge in [-0.15, -0.1) is 0 Å². The quantitative estimate of drug-likeness (QED) is 0.512. The molecule has 1 N–H and O–H groups in total. The molecule has 0 radical (unpaired) electrons. The number of halogens is 1. The number of methoxy groups -OCH3 is 2. The van der Waals surface area contributed by atoms with Crippen LogP contribution in [0.15, 0.2) is 54.6 Å². The number of epoxide rings is 1. The van der Waals surface area contributed by atoms with Crippen LogP contribution in [0.4, 0.5) is 4.39 Å². The van der Waals surface area contributed by atoms with Gasteiger partial charge in [-0.2, -0.15) is 0 Å². The van der Waals surface area contributed by atoms with Crippen molar-refractivity contribution in [2.24, 2.45) is 0 Å². The Bertz CT molecular complexity index is 1070. The summed E-state index contributed by atoms with van der Waals surface area (Å²) in [6.45, 7) is 4.55. The van der Waals surface area contributed by atoms with Crippen molar-refractivity contribution in [3.63, 3.8) is 0 Å². The molecule has 0 aromatic heterocycles. The van der Waals surface area contributed by atoms with Crippen LogP contribution in [-0.2, 0) is 4.74 Å². The molecule has 3 aromatic rings. The summed E-state index contributed by atoms with van der Waals surface area (Å²) in [5, 5.41) is 11.0. The summed E-state index contributed by atoms with van der Waals surface area (Å²) >= 11 is 0. The fraction of sp³-hybridized carbons (Fsp3) is 0.280. The molecule has 5 nitrogen and oxygen atoms in total. The summed E-state index contributed by atoms with van der Waals surface area (Å²) in [4.78, 5) is 0. The molecule has 6 heteroatoms. The standard InChI is InChI=1S/C25H25FO5/c1-25(2)21(31-25)14-30-18-11-7-16(8-12-18)22-20(28-3)13-19(24(29-4)23(22)27)15-5-9-17(26)10-6-15/h5-13,21,27H,14H2,1-4H3. The van der Waals surface area contributed by atoms with Crippen LogP contribution in [0.1, 0.15) is 13.8 Å². The van der Waals surface area contributed by atoms with Gasteiger partial charge in [0.15, 0.2) is 11.5 Å². The normalized spacial score (nSPS) is 16.6. The van der Waals surface area contributed by atoms with Crippen LogP contribution >= 0.6 is 0 Å². The fourth-order valence-electron chi connectivity index (χ4n) is 3.57. The zero-order valence-electron chi connectivity index (χ0n) is 17.9. The number of hydrogen-bond acceptors (Lipinski definition) is 5. The van der Waals surface area contributed by atoms with Crippen molar-refractivity contribution >= 4 is 0 Å². The van der Waals surface area contributed by atoms with E-state index in [4.69, 9.17) is 18.9 Å². The van der Waals surface area contributed by atoms with Crippen molar-refractivity contribution in [2.75, 3.05) is 20.8 Å². The molecule has 1 aliphatic rings. The third-order valence-corrected chi connectivity index (χ3v) is 5.51. The van der Waals surface area contributed by atoms with Crippen molar-refractivity contribution < 1.29 is 28.4 Å². The number of hydrogen-bond donors (Lipinski definition) is 1. The van der Waals surface area contributed by atoms with Crippen LogP contribution in [0.3, 0.4) is 0 Å². The maximum Gasteiger partial charge on any atom is 0.170 e. The van der Waals surface area contributed by atoms with E-state index in [0.717, 1.165) is 5.56 Å². The van der Waals surface area contributed by atoms with E-state index in [0.29, 0.717) is 34.8 Å². The minimum Gasteiger partial charge on any atom is -0.504 e. The largest absolute Gasteiger partial charge is 0.504 e. The lowest BCUT2D eigenvalue weighted by molar-refractivity contribution is 0.254. The molecular formula is C25H25FO5. The van der Waals surface area contributed by atoms with Crippen LogP contribution in [-0.4, -0.2) is 37.6 Å². The topological polar surface area (TPSA) is 60.5 Å². The van der Waals surface area contributed by atoms with Gasteiger partial charge in [0.05, 0.1) is 25.4 Å². The maximum atomic E-state index is 13.3. The number of phenolic OH excluding ortho intramolecular Hbond substituents is 1. The molecule has 1 atom stereocenters. The van der Waals surface area contributed by atoms with Gasteiger partial charge in [0.2, 0.25) is 0 Å². The number of aromatic hydroxyl groups is 1. The van der Waals surface area contributed by atoms with Crippen molar-refractivity contribution in [1.29, 1.82) is 0 Å². The number of ether oxygens (including phenoxy) is 4. The van der Waals surface area contributed by atoms with E-state index in [2.05, 4.69) is 0 Å². The van der Waals surface area contributed by atoms with Gasteiger partial charge in [0.25, 0.3) is 0 Å². The molecule has 31 heavy (non-hydrogen) atoms. The van der Waals surface area contributed by atoms with Gasteiger partial charge >= 0.3 is 0 Å². The molecule has 1 heterocycles. The highest BCUT2D eigenvalue weighted by Crippen LogP contribution is 2.49. The zero-order chi connectivity index (χ0) is 22.2. The molecule has 1 saturated heterocycles. The second kappa shape index (κ2) is 8.12. The van der Waals surface area contributed by atoms with Crippen molar-refractivity contribution in [3.8, 4) is 45.3 Å². The van der Waals surface area contributed by atoms with Crippen molar-refractivity contribution in [1.82, 2.24) is 0 Å². The monoisotopic (exact) mass is 424 g/mol.